The molecule has 1 aliphatic carbocycles. The quantitative estimate of drug-likeness (QED) is 0.743. The Morgan fingerprint density at radius 3 is 2.62 bits per heavy atom. The topological polar surface area (TPSA) is 79.5 Å². The number of carbonyl (C=O) groups excluding carboxylic acids is 2. The van der Waals surface area contributed by atoms with Crippen LogP contribution in [0.5, 0.6) is 5.75 Å². The van der Waals surface area contributed by atoms with E-state index in [0.717, 1.165) is 18.6 Å². The molecule has 3 amide bonds. The van der Waals surface area contributed by atoms with Crippen LogP contribution in [0, 0.1) is 0 Å². The van der Waals surface area contributed by atoms with Crippen LogP contribution in [-0.2, 0) is 10.2 Å². The molecule has 1 atom stereocenters. The lowest BCUT2D eigenvalue weighted by Crippen LogP contribution is -2.50. The first kappa shape index (κ1) is 18.3. The van der Waals surface area contributed by atoms with Crippen LogP contribution in [0.15, 0.2) is 24.3 Å². The number of urea groups is 1. The summed E-state index contributed by atoms with van der Waals surface area (Å²) in [7, 11) is 3.15. The maximum Gasteiger partial charge on any atom is 0.321 e. The van der Waals surface area contributed by atoms with Crippen molar-refractivity contribution in [1.82, 2.24) is 16.0 Å². The number of carbonyl (C=O) groups is 2. The average molecular weight is 333 g/mol. The number of hydrogen-bond acceptors (Lipinski definition) is 4. The van der Waals surface area contributed by atoms with Gasteiger partial charge in [-0.25, -0.2) is 4.79 Å². The van der Waals surface area contributed by atoms with Crippen LogP contribution >= 0.6 is 0 Å². The van der Waals surface area contributed by atoms with E-state index in [4.69, 9.17) is 4.74 Å². The first-order chi connectivity index (χ1) is 11.5. The third-order valence-electron chi connectivity index (χ3n) is 4.85. The fourth-order valence-electron chi connectivity index (χ4n) is 3.30. The summed E-state index contributed by atoms with van der Waals surface area (Å²) in [6.45, 7) is 2.47. The third-order valence-corrected chi connectivity index (χ3v) is 4.85. The lowest BCUT2D eigenvalue weighted by atomic mass is 9.78. The van der Waals surface area contributed by atoms with Crippen molar-refractivity contribution >= 4 is 11.9 Å². The molecule has 6 nitrogen and oxygen atoms in total. The number of benzene rings is 1. The molecular formula is C18H27N3O3. The number of methoxy groups -OCH3 is 1. The summed E-state index contributed by atoms with van der Waals surface area (Å²) in [5.74, 6) is 0.525. The monoisotopic (exact) mass is 333 g/mol. The molecule has 0 unspecified atom stereocenters. The van der Waals surface area contributed by atoms with Gasteiger partial charge in [-0.1, -0.05) is 25.0 Å². The van der Waals surface area contributed by atoms with Crippen LogP contribution in [0.4, 0.5) is 4.79 Å². The Bertz CT molecular complexity index is 583. The maximum absolute atomic E-state index is 12.0. The third kappa shape index (κ3) is 4.26. The number of nitrogens with one attached hydrogen (secondary N) is 3. The second kappa shape index (κ2) is 8.15. The zero-order valence-electron chi connectivity index (χ0n) is 14.6. The van der Waals surface area contributed by atoms with Crippen LogP contribution in [0.25, 0.3) is 0 Å². The number of imide groups is 1. The first-order valence-electron chi connectivity index (χ1n) is 8.41. The summed E-state index contributed by atoms with van der Waals surface area (Å²) in [5.41, 5.74) is 1.25. The van der Waals surface area contributed by atoms with Crippen molar-refractivity contribution in [2.75, 3.05) is 20.7 Å². The van der Waals surface area contributed by atoms with Gasteiger partial charge in [-0.2, -0.15) is 0 Å². The SMILES string of the molecule is CNC(=O)NC(=O)[C@H](C)NCC1(c2cccc(OC)c2)CCCC1. The summed E-state index contributed by atoms with van der Waals surface area (Å²) >= 11 is 0. The van der Waals surface area contributed by atoms with Crippen molar-refractivity contribution in [1.29, 1.82) is 0 Å². The summed E-state index contributed by atoms with van der Waals surface area (Å²) in [6.07, 6.45) is 4.52. The molecule has 1 aromatic rings. The highest BCUT2D eigenvalue weighted by molar-refractivity contribution is 5.96. The highest BCUT2D eigenvalue weighted by Crippen LogP contribution is 2.41. The van der Waals surface area contributed by atoms with E-state index in [1.54, 1.807) is 14.0 Å². The lowest BCUT2D eigenvalue weighted by molar-refractivity contribution is -0.121. The fraction of sp³-hybridized carbons (Fsp3) is 0.556. The highest BCUT2D eigenvalue weighted by atomic mass is 16.5. The molecule has 1 fully saturated rings. The minimum absolute atomic E-state index is 0.0100. The van der Waals surface area contributed by atoms with E-state index >= 15 is 0 Å². The summed E-state index contributed by atoms with van der Waals surface area (Å²) in [5, 5.41) is 7.98. The fourth-order valence-corrected chi connectivity index (χ4v) is 3.30. The molecule has 3 N–H and O–H groups in total. The Morgan fingerprint density at radius 2 is 2.00 bits per heavy atom. The van der Waals surface area contributed by atoms with Gasteiger partial charge in [0.2, 0.25) is 5.91 Å². The van der Waals surface area contributed by atoms with Crippen LogP contribution in [0.3, 0.4) is 0 Å². The largest absolute Gasteiger partial charge is 0.497 e. The molecular weight excluding hydrogens is 306 g/mol. The minimum atomic E-state index is -0.489. The molecule has 6 heteroatoms. The maximum atomic E-state index is 12.0. The molecule has 1 aliphatic rings. The predicted octanol–water partition coefficient (Wildman–Crippen LogP) is 1.94. The van der Waals surface area contributed by atoms with E-state index in [0.29, 0.717) is 6.54 Å². The number of hydrogen-bond donors (Lipinski definition) is 3. The van der Waals surface area contributed by atoms with E-state index in [1.807, 2.05) is 12.1 Å². The summed E-state index contributed by atoms with van der Waals surface area (Å²) < 4.78 is 5.35. The smallest absolute Gasteiger partial charge is 0.321 e. The molecule has 24 heavy (non-hydrogen) atoms. The van der Waals surface area contributed by atoms with Crippen LogP contribution in [0.2, 0.25) is 0 Å². The van der Waals surface area contributed by atoms with Crippen molar-refractivity contribution in [3.63, 3.8) is 0 Å². The van der Waals surface area contributed by atoms with E-state index in [2.05, 4.69) is 28.1 Å². The Morgan fingerprint density at radius 1 is 1.29 bits per heavy atom. The van der Waals surface area contributed by atoms with E-state index in [-0.39, 0.29) is 11.3 Å². The first-order valence-corrected chi connectivity index (χ1v) is 8.41. The lowest BCUT2D eigenvalue weighted by Gasteiger charge is -2.31. The number of rotatable bonds is 6. The van der Waals surface area contributed by atoms with Crippen molar-refractivity contribution < 1.29 is 14.3 Å². The van der Waals surface area contributed by atoms with Gasteiger partial charge in [-0.15, -0.1) is 0 Å². The van der Waals surface area contributed by atoms with Crippen LogP contribution < -0.4 is 20.7 Å². The Labute approximate surface area is 143 Å². The van der Waals surface area contributed by atoms with E-state index < -0.39 is 12.1 Å². The molecule has 2 rings (SSSR count). The van der Waals surface area contributed by atoms with Crippen LogP contribution in [-0.4, -0.2) is 38.7 Å². The van der Waals surface area contributed by atoms with Gasteiger partial charge in [0.25, 0.3) is 0 Å². The molecule has 0 bridgehead atoms. The molecule has 1 saturated carbocycles. The van der Waals surface area contributed by atoms with Gasteiger partial charge < -0.3 is 15.4 Å². The number of ether oxygens (including phenoxy) is 1. The number of amides is 3. The zero-order valence-corrected chi connectivity index (χ0v) is 14.6. The van der Waals surface area contributed by atoms with Crippen LogP contribution in [0.1, 0.15) is 38.2 Å². The van der Waals surface area contributed by atoms with E-state index in [9.17, 15) is 9.59 Å². The van der Waals surface area contributed by atoms with Crippen molar-refractivity contribution in [2.24, 2.45) is 0 Å². The Kier molecular flexibility index (Phi) is 6.20. The van der Waals surface area contributed by atoms with E-state index in [1.165, 1.54) is 25.5 Å². The summed E-state index contributed by atoms with van der Waals surface area (Å²) in [6, 6.07) is 7.24. The average Bonchev–Trinajstić information content (AvgIpc) is 3.09. The molecule has 0 heterocycles. The standard InChI is InChI=1S/C18H27N3O3/c1-13(16(22)21-17(23)19-2)20-12-18(9-4-5-10-18)14-7-6-8-15(11-14)24-3/h6-8,11,13,20H,4-5,9-10,12H2,1-3H3,(H2,19,21,22,23)/t13-/m0/s1. The predicted molar refractivity (Wildman–Crippen MR) is 93.2 cm³/mol. The zero-order chi connectivity index (χ0) is 17.6. The second-order valence-electron chi connectivity index (χ2n) is 6.39. The van der Waals surface area contributed by atoms with Crippen molar-refractivity contribution in [3.05, 3.63) is 29.8 Å². The molecule has 132 valence electrons. The van der Waals surface area contributed by atoms with Gasteiger partial charge in [-0.05, 0) is 37.5 Å². The second-order valence-corrected chi connectivity index (χ2v) is 6.39. The molecule has 0 aromatic heterocycles. The molecule has 1 aromatic carbocycles. The van der Waals surface area contributed by atoms with Gasteiger partial charge in [0.15, 0.2) is 0 Å². The molecule has 0 saturated heterocycles. The molecule has 0 aliphatic heterocycles. The van der Waals surface area contributed by atoms with Gasteiger partial charge >= 0.3 is 6.03 Å². The van der Waals surface area contributed by atoms with Gasteiger partial charge in [-0.3, -0.25) is 10.1 Å². The van der Waals surface area contributed by atoms with Crippen molar-refractivity contribution in [3.8, 4) is 5.75 Å². The Hall–Kier alpha value is -2.08. The Balaban J connectivity index is 2.05. The van der Waals surface area contributed by atoms with Crippen molar-refractivity contribution in [2.45, 2.75) is 44.1 Å². The van der Waals surface area contributed by atoms with Gasteiger partial charge in [0, 0.05) is 19.0 Å². The van der Waals surface area contributed by atoms with Gasteiger partial charge in [0.1, 0.15) is 5.75 Å². The molecule has 0 radical (unpaired) electrons. The normalized spacial score (nSPS) is 17.1. The molecule has 0 spiro atoms. The minimum Gasteiger partial charge on any atom is -0.497 e. The highest BCUT2D eigenvalue weighted by Gasteiger charge is 2.36. The van der Waals surface area contributed by atoms with Gasteiger partial charge in [0.05, 0.1) is 13.2 Å². The summed E-state index contributed by atoms with van der Waals surface area (Å²) in [4.78, 5) is 23.3.